The first-order valence-corrected chi connectivity index (χ1v) is 9.99. The molecule has 0 spiro atoms. The number of halogens is 1. The van der Waals surface area contributed by atoms with Crippen LogP contribution in [0.3, 0.4) is 0 Å². The first-order valence-electron chi connectivity index (χ1n) is 9.61. The highest BCUT2D eigenvalue weighted by Crippen LogP contribution is 2.19. The maximum Gasteiger partial charge on any atom is 0.342 e. The third kappa shape index (κ3) is 3.27. The molecule has 0 saturated heterocycles. The van der Waals surface area contributed by atoms with E-state index in [9.17, 15) is 24.3 Å². The van der Waals surface area contributed by atoms with Crippen LogP contribution in [0.15, 0.2) is 57.0 Å². The van der Waals surface area contributed by atoms with Crippen LogP contribution in [0.25, 0.3) is 16.7 Å². The number of fused-ring (bicyclic) bond motifs is 1. The van der Waals surface area contributed by atoms with Crippen LogP contribution in [0.1, 0.15) is 21.5 Å². The molecule has 0 aliphatic heterocycles. The lowest BCUT2D eigenvalue weighted by molar-refractivity contribution is 0.0693. The molecule has 32 heavy (non-hydrogen) atoms. The lowest BCUT2D eigenvalue weighted by Gasteiger charge is -2.14. The number of carbonyl (C=O) groups is 1. The summed E-state index contributed by atoms with van der Waals surface area (Å²) < 4.78 is 4.86. The molecule has 0 bridgehead atoms. The molecule has 2 heterocycles. The molecule has 0 aliphatic carbocycles. The van der Waals surface area contributed by atoms with Gasteiger partial charge in [-0.05, 0) is 42.3 Å². The maximum atomic E-state index is 13.3. The summed E-state index contributed by atoms with van der Waals surface area (Å²) >= 11 is 6.16. The lowest BCUT2D eigenvalue weighted by Crippen LogP contribution is -2.42. The molecule has 4 rings (SSSR count). The average molecular weight is 455 g/mol. The summed E-state index contributed by atoms with van der Waals surface area (Å²) in [5.74, 6) is -1.45. The molecule has 9 nitrogen and oxygen atoms in total. The van der Waals surface area contributed by atoms with Crippen molar-refractivity contribution in [1.82, 2.24) is 18.3 Å². The predicted octanol–water partition coefficient (Wildman–Crippen LogP) is 1.90. The van der Waals surface area contributed by atoms with Crippen molar-refractivity contribution in [2.45, 2.75) is 13.5 Å². The fourth-order valence-electron chi connectivity index (χ4n) is 3.71. The summed E-state index contributed by atoms with van der Waals surface area (Å²) in [4.78, 5) is 50.1. The summed E-state index contributed by atoms with van der Waals surface area (Å²) in [6.45, 7) is 1.61. The topological polar surface area (TPSA) is 108 Å². The molecule has 1 N–H and O–H groups in total. The Morgan fingerprint density at radius 3 is 2.38 bits per heavy atom. The fourth-order valence-corrected chi connectivity index (χ4v) is 3.91. The highest BCUT2D eigenvalue weighted by Gasteiger charge is 2.19. The number of aryl methyl sites for hydroxylation is 2. The van der Waals surface area contributed by atoms with E-state index in [1.165, 1.54) is 9.13 Å². The average Bonchev–Trinajstić information content (AvgIpc) is 2.97. The third-order valence-corrected chi connectivity index (χ3v) is 6.05. The van der Waals surface area contributed by atoms with Gasteiger partial charge in [0.2, 0.25) is 0 Å². The Morgan fingerprint density at radius 1 is 1.00 bits per heavy atom. The Hall–Kier alpha value is -3.85. The van der Waals surface area contributed by atoms with Crippen molar-refractivity contribution in [3.05, 3.63) is 95.6 Å². The van der Waals surface area contributed by atoms with Gasteiger partial charge in [-0.2, -0.15) is 0 Å². The number of aromatic nitrogens is 4. The summed E-state index contributed by atoms with van der Waals surface area (Å²) in [5.41, 5.74) is 0.426. The molecular formula is C22H19ClN4O5. The maximum absolute atomic E-state index is 13.3. The molecule has 0 unspecified atom stereocenters. The van der Waals surface area contributed by atoms with Crippen LogP contribution in [0.2, 0.25) is 5.02 Å². The largest absolute Gasteiger partial charge is 0.477 e. The van der Waals surface area contributed by atoms with Crippen molar-refractivity contribution in [3.8, 4) is 5.69 Å². The summed E-state index contributed by atoms with van der Waals surface area (Å²) in [6.07, 6.45) is 1.01. The van der Waals surface area contributed by atoms with E-state index >= 15 is 0 Å². The predicted molar refractivity (Wildman–Crippen MR) is 120 cm³/mol. The molecule has 2 aromatic heterocycles. The van der Waals surface area contributed by atoms with Gasteiger partial charge in [0.1, 0.15) is 5.56 Å². The van der Waals surface area contributed by atoms with Gasteiger partial charge in [-0.15, -0.1) is 0 Å². The number of imidazole rings is 1. The zero-order valence-corrected chi connectivity index (χ0v) is 18.3. The fraction of sp³-hybridized carbons (Fsp3) is 0.182. The van der Waals surface area contributed by atoms with Gasteiger partial charge in [0, 0.05) is 25.3 Å². The van der Waals surface area contributed by atoms with Gasteiger partial charge in [-0.25, -0.2) is 14.4 Å². The smallest absolute Gasteiger partial charge is 0.342 e. The second-order valence-corrected chi connectivity index (χ2v) is 7.90. The van der Waals surface area contributed by atoms with Crippen molar-refractivity contribution >= 4 is 28.6 Å². The molecule has 0 radical (unpaired) electrons. The molecule has 0 amide bonds. The number of carboxylic acid groups (broad SMARTS) is 1. The molecular weight excluding hydrogens is 436 g/mol. The molecule has 0 atom stereocenters. The number of hydrogen-bond donors (Lipinski definition) is 1. The second-order valence-electron chi connectivity index (χ2n) is 7.49. The highest BCUT2D eigenvalue weighted by atomic mass is 35.5. The number of aromatic carboxylic acids is 1. The quantitative estimate of drug-likeness (QED) is 0.506. The minimum absolute atomic E-state index is 0.142. The van der Waals surface area contributed by atoms with Crippen LogP contribution >= 0.6 is 11.6 Å². The van der Waals surface area contributed by atoms with E-state index in [4.69, 9.17) is 11.6 Å². The first kappa shape index (κ1) is 21.4. The van der Waals surface area contributed by atoms with Crippen LogP contribution < -0.4 is 16.9 Å². The van der Waals surface area contributed by atoms with Gasteiger partial charge in [-0.1, -0.05) is 23.7 Å². The first-order chi connectivity index (χ1) is 15.1. The molecule has 4 aromatic rings. The molecule has 0 saturated carbocycles. The number of benzene rings is 2. The zero-order valence-electron chi connectivity index (χ0n) is 17.5. The van der Waals surface area contributed by atoms with Gasteiger partial charge >= 0.3 is 17.3 Å². The van der Waals surface area contributed by atoms with E-state index in [0.29, 0.717) is 32.9 Å². The van der Waals surface area contributed by atoms with Crippen molar-refractivity contribution in [1.29, 1.82) is 0 Å². The van der Waals surface area contributed by atoms with Crippen LogP contribution in [0, 0.1) is 6.92 Å². The van der Waals surface area contributed by atoms with Crippen molar-refractivity contribution in [2.24, 2.45) is 14.1 Å². The Balaban J connectivity index is 1.99. The van der Waals surface area contributed by atoms with Gasteiger partial charge < -0.3 is 5.11 Å². The summed E-state index contributed by atoms with van der Waals surface area (Å²) in [6, 6.07) is 9.96. The van der Waals surface area contributed by atoms with Crippen LogP contribution in [-0.2, 0) is 20.6 Å². The number of nitrogens with zero attached hydrogens (tertiary/aromatic N) is 4. The van der Waals surface area contributed by atoms with E-state index in [1.807, 2.05) is 0 Å². The molecule has 164 valence electrons. The van der Waals surface area contributed by atoms with Crippen LogP contribution in [-0.4, -0.2) is 29.3 Å². The Bertz CT molecular complexity index is 1590. The van der Waals surface area contributed by atoms with E-state index in [-0.39, 0.29) is 12.2 Å². The SMILES string of the molecule is Cc1c(Cl)cccc1Cn1c(=O)c(C(=O)O)cn(-c2ccc3c(c2)n(C)c(=O)n3C)c1=O. The lowest BCUT2D eigenvalue weighted by atomic mass is 10.1. The van der Waals surface area contributed by atoms with Gasteiger partial charge in [0.25, 0.3) is 5.56 Å². The zero-order chi connectivity index (χ0) is 23.3. The van der Waals surface area contributed by atoms with Crippen molar-refractivity contribution in [2.75, 3.05) is 0 Å². The standard InChI is InChI=1S/C22H19ClN4O5/c1-12-13(5-4-6-16(12)23)10-27-19(28)15(20(29)30)11-26(22(27)32)14-7-8-17-18(9-14)25(3)21(31)24(17)2/h4-9,11H,10H2,1-3H3,(H,29,30). The van der Waals surface area contributed by atoms with Gasteiger partial charge in [0.05, 0.1) is 23.3 Å². The highest BCUT2D eigenvalue weighted by molar-refractivity contribution is 6.31. The van der Waals surface area contributed by atoms with Crippen molar-refractivity contribution < 1.29 is 9.90 Å². The molecule has 0 aliphatic rings. The Morgan fingerprint density at radius 2 is 1.69 bits per heavy atom. The Labute approximate surface area is 186 Å². The summed E-state index contributed by atoms with van der Waals surface area (Å²) in [7, 11) is 3.23. The Kier molecular flexibility index (Phi) is 5.14. The van der Waals surface area contributed by atoms with Crippen LogP contribution in [0.5, 0.6) is 0 Å². The molecule has 2 aromatic carbocycles. The third-order valence-electron chi connectivity index (χ3n) is 5.64. The van der Waals surface area contributed by atoms with E-state index in [1.54, 1.807) is 57.4 Å². The van der Waals surface area contributed by atoms with E-state index < -0.39 is 22.8 Å². The van der Waals surface area contributed by atoms with Crippen LogP contribution in [0.4, 0.5) is 0 Å². The number of carboxylic acids is 1. The molecule has 0 fully saturated rings. The number of hydrogen-bond acceptors (Lipinski definition) is 4. The van der Waals surface area contributed by atoms with Gasteiger partial charge in [0.15, 0.2) is 0 Å². The second kappa shape index (κ2) is 7.69. The van der Waals surface area contributed by atoms with Gasteiger partial charge in [-0.3, -0.25) is 23.1 Å². The minimum Gasteiger partial charge on any atom is -0.477 e. The monoisotopic (exact) mass is 454 g/mol. The van der Waals surface area contributed by atoms with E-state index in [2.05, 4.69) is 0 Å². The van der Waals surface area contributed by atoms with Crippen molar-refractivity contribution in [3.63, 3.8) is 0 Å². The normalized spacial score (nSPS) is 11.2. The number of rotatable bonds is 4. The molecule has 10 heteroatoms. The van der Waals surface area contributed by atoms with E-state index in [0.717, 1.165) is 15.3 Å². The minimum atomic E-state index is -1.45. The summed E-state index contributed by atoms with van der Waals surface area (Å²) in [5, 5.41) is 10.0.